The summed E-state index contributed by atoms with van der Waals surface area (Å²) in [6, 6.07) is 6.72. The molecule has 0 aliphatic carbocycles. The molecule has 0 radical (unpaired) electrons. The predicted octanol–water partition coefficient (Wildman–Crippen LogP) is -0.0622. The molecule has 0 aliphatic heterocycles. The molecule has 98 valence electrons. The van der Waals surface area contributed by atoms with Crippen LogP contribution in [0.15, 0.2) is 33.9 Å². The molecule has 19 heavy (non-hydrogen) atoms. The third-order valence-corrected chi connectivity index (χ3v) is 2.68. The molecule has 0 atom stereocenters. The molecule has 0 saturated carbocycles. The van der Waals surface area contributed by atoms with Crippen LogP contribution in [0.25, 0.3) is 5.69 Å². The van der Waals surface area contributed by atoms with Crippen LogP contribution in [0.3, 0.4) is 0 Å². The van der Waals surface area contributed by atoms with E-state index in [1.807, 2.05) is 0 Å². The highest BCUT2D eigenvalue weighted by atomic mass is 16.4. The largest absolute Gasteiger partial charge is 0.476 e. The Morgan fingerprint density at radius 3 is 2.47 bits per heavy atom. The molecule has 2 rings (SSSR count). The monoisotopic (exact) mass is 261 g/mol. The molecular weight excluding hydrogens is 250 g/mol. The first-order valence-electron chi connectivity index (χ1n) is 5.43. The van der Waals surface area contributed by atoms with Crippen molar-refractivity contribution in [2.45, 2.75) is 6.92 Å². The van der Waals surface area contributed by atoms with Crippen molar-refractivity contribution in [1.29, 1.82) is 0 Å². The van der Waals surface area contributed by atoms with Gasteiger partial charge < -0.3 is 5.11 Å². The molecule has 0 saturated heterocycles. The minimum Gasteiger partial charge on any atom is -0.476 e. The van der Waals surface area contributed by atoms with Gasteiger partial charge in [-0.1, -0.05) is 18.2 Å². The summed E-state index contributed by atoms with van der Waals surface area (Å²) in [5, 5.41) is 12.4. The summed E-state index contributed by atoms with van der Waals surface area (Å²) in [7, 11) is 1.29. The predicted molar refractivity (Wildman–Crippen MR) is 66.8 cm³/mol. The third-order valence-electron chi connectivity index (χ3n) is 2.68. The molecule has 1 heterocycles. The van der Waals surface area contributed by atoms with E-state index < -0.39 is 22.9 Å². The average Bonchev–Trinajstić information content (AvgIpc) is 2.36. The SMILES string of the molecule is Cc1ccccc1-n1c(=O)c(C(=O)O)nn(C)c1=O. The fourth-order valence-corrected chi connectivity index (χ4v) is 1.73. The van der Waals surface area contributed by atoms with Gasteiger partial charge >= 0.3 is 11.7 Å². The Hall–Kier alpha value is -2.70. The first-order chi connectivity index (χ1) is 8.93. The van der Waals surface area contributed by atoms with Crippen LogP contribution in [0.4, 0.5) is 0 Å². The maximum atomic E-state index is 12.0. The number of aryl methyl sites for hydroxylation is 2. The highest BCUT2D eigenvalue weighted by Crippen LogP contribution is 2.08. The standard InChI is InChI=1S/C12H11N3O4/c1-7-5-3-4-6-8(7)15-10(16)9(11(17)18)13-14(2)12(15)19/h3-6H,1-2H3,(H,17,18). The van der Waals surface area contributed by atoms with E-state index in [9.17, 15) is 14.4 Å². The van der Waals surface area contributed by atoms with Gasteiger partial charge in [-0.2, -0.15) is 5.10 Å². The van der Waals surface area contributed by atoms with Crippen molar-refractivity contribution < 1.29 is 9.90 Å². The van der Waals surface area contributed by atoms with E-state index in [4.69, 9.17) is 5.11 Å². The van der Waals surface area contributed by atoms with Crippen molar-refractivity contribution in [3.63, 3.8) is 0 Å². The summed E-state index contributed by atoms with van der Waals surface area (Å²) in [5.74, 6) is -1.47. The molecule has 0 bridgehead atoms. The second-order valence-corrected chi connectivity index (χ2v) is 3.99. The number of para-hydroxylation sites is 1. The van der Waals surface area contributed by atoms with Gasteiger partial charge in [-0.05, 0) is 18.6 Å². The average molecular weight is 261 g/mol. The van der Waals surface area contributed by atoms with Crippen LogP contribution in [-0.2, 0) is 7.05 Å². The van der Waals surface area contributed by atoms with Crippen LogP contribution in [0, 0.1) is 6.92 Å². The van der Waals surface area contributed by atoms with Crippen LogP contribution < -0.4 is 11.2 Å². The number of aromatic carboxylic acids is 1. The molecule has 0 unspecified atom stereocenters. The number of rotatable bonds is 2. The topological polar surface area (TPSA) is 94.2 Å². The number of hydrogen-bond acceptors (Lipinski definition) is 4. The summed E-state index contributed by atoms with van der Waals surface area (Å²) >= 11 is 0. The fourth-order valence-electron chi connectivity index (χ4n) is 1.73. The molecule has 1 N–H and O–H groups in total. The highest BCUT2D eigenvalue weighted by Gasteiger charge is 2.18. The number of carboxylic acids is 1. The Labute approximate surface area is 107 Å². The zero-order chi connectivity index (χ0) is 14.2. The number of carbonyl (C=O) groups is 1. The van der Waals surface area contributed by atoms with E-state index in [0.29, 0.717) is 11.3 Å². The summed E-state index contributed by atoms with van der Waals surface area (Å²) in [6.45, 7) is 1.72. The molecule has 0 amide bonds. The fraction of sp³-hybridized carbons (Fsp3) is 0.167. The van der Waals surface area contributed by atoms with Gasteiger partial charge in [-0.25, -0.2) is 18.8 Å². The van der Waals surface area contributed by atoms with E-state index in [2.05, 4.69) is 5.10 Å². The quantitative estimate of drug-likeness (QED) is 0.817. The van der Waals surface area contributed by atoms with Gasteiger partial charge in [-0.15, -0.1) is 0 Å². The van der Waals surface area contributed by atoms with Crippen molar-refractivity contribution in [2.75, 3.05) is 0 Å². The zero-order valence-electron chi connectivity index (χ0n) is 10.3. The van der Waals surface area contributed by atoms with E-state index >= 15 is 0 Å². The van der Waals surface area contributed by atoms with E-state index in [0.717, 1.165) is 9.25 Å². The lowest BCUT2D eigenvalue weighted by Gasteiger charge is -2.09. The highest BCUT2D eigenvalue weighted by molar-refractivity contribution is 5.84. The van der Waals surface area contributed by atoms with Crippen LogP contribution in [-0.4, -0.2) is 25.4 Å². The lowest BCUT2D eigenvalue weighted by Crippen LogP contribution is -2.42. The van der Waals surface area contributed by atoms with Gasteiger partial charge in [0.2, 0.25) is 5.69 Å². The van der Waals surface area contributed by atoms with Crippen LogP contribution in [0.5, 0.6) is 0 Å². The van der Waals surface area contributed by atoms with Crippen molar-refractivity contribution in [3.05, 3.63) is 56.4 Å². The van der Waals surface area contributed by atoms with Crippen molar-refractivity contribution in [1.82, 2.24) is 14.3 Å². The second-order valence-electron chi connectivity index (χ2n) is 3.99. The number of nitrogens with zero attached hydrogens (tertiary/aromatic N) is 3. The Morgan fingerprint density at radius 2 is 1.89 bits per heavy atom. The number of hydrogen-bond donors (Lipinski definition) is 1. The van der Waals surface area contributed by atoms with Gasteiger partial charge in [0, 0.05) is 7.05 Å². The molecule has 0 aliphatic rings. The van der Waals surface area contributed by atoms with Gasteiger partial charge in [0.15, 0.2) is 0 Å². The van der Waals surface area contributed by atoms with Crippen molar-refractivity contribution in [3.8, 4) is 5.69 Å². The molecule has 2 aromatic rings. The summed E-state index contributed by atoms with van der Waals surface area (Å²) < 4.78 is 1.64. The summed E-state index contributed by atoms with van der Waals surface area (Å²) in [6.07, 6.45) is 0. The van der Waals surface area contributed by atoms with E-state index in [1.54, 1.807) is 31.2 Å². The second kappa shape index (κ2) is 4.52. The minimum atomic E-state index is -1.47. The zero-order valence-corrected chi connectivity index (χ0v) is 10.3. The maximum absolute atomic E-state index is 12.0. The maximum Gasteiger partial charge on any atom is 0.362 e. The number of aromatic nitrogens is 3. The molecule has 0 spiro atoms. The van der Waals surface area contributed by atoms with Crippen LogP contribution >= 0.6 is 0 Å². The minimum absolute atomic E-state index is 0.345. The Bertz CT molecular complexity index is 773. The van der Waals surface area contributed by atoms with Crippen molar-refractivity contribution >= 4 is 5.97 Å². The van der Waals surface area contributed by atoms with Crippen LogP contribution in [0.2, 0.25) is 0 Å². The summed E-state index contributed by atoms with van der Waals surface area (Å²) in [4.78, 5) is 35.0. The molecular formula is C12H11N3O4. The Balaban J connectivity index is 2.92. The Morgan fingerprint density at radius 1 is 1.26 bits per heavy atom. The van der Waals surface area contributed by atoms with E-state index in [-0.39, 0.29) is 0 Å². The van der Waals surface area contributed by atoms with E-state index in [1.165, 1.54) is 7.05 Å². The normalized spacial score (nSPS) is 10.4. The molecule has 1 aromatic carbocycles. The lowest BCUT2D eigenvalue weighted by molar-refractivity contribution is 0.0684. The first-order valence-corrected chi connectivity index (χ1v) is 5.43. The lowest BCUT2D eigenvalue weighted by atomic mass is 10.2. The molecule has 1 aromatic heterocycles. The summed E-state index contributed by atoms with van der Waals surface area (Å²) in [5.41, 5.74) is -1.29. The third kappa shape index (κ3) is 2.05. The number of carboxylic acid groups (broad SMARTS) is 1. The van der Waals surface area contributed by atoms with Gasteiger partial charge in [0.1, 0.15) is 0 Å². The van der Waals surface area contributed by atoms with Crippen molar-refractivity contribution in [2.24, 2.45) is 7.05 Å². The molecule has 0 fully saturated rings. The first kappa shape index (κ1) is 12.7. The molecule has 7 heteroatoms. The number of benzene rings is 1. The van der Waals surface area contributed by atoms with Gasteiger partial charge in [0.25, 0.3) is 5.56 Å². The smallest absolute Gasteiger partial charge is 0.362 e. The Kier molecular flexibility index (Phi) is 3.04. The van der Waals surface area contributed by atoms with Gasteiger partial charge in [0.05, 0.1) is 5.69 Å². The molecule has 7 nitrogen and oxygen atoms in total. The van der Waals surface area contributed by atoms with Gasteiger partial charge in [-0.3, -0.25) is 4.79 Å². The van der Waals surface area contributed by atoms with Crippen LogP contribution in [0.1, 0.15) is 16.1 Å².